The molecule has 3 heterocycles. The fourth-order valence-electron chi connectivity index (χ4n) is 13.8. The van der Waals surface area contributed by atoms with Crippen molar-refractivity contribution in [2.24, 2.45) is 0 Å². The van der Waals surface area contributed by atoms with Crippen LogP contribution in [0.25, 0.3) is 76.6 Å². The van der Waals surface area contributed by atoms with Gasteiger partial charge >= 0.3 is 0 Å². The molecular weight excluding hydrogens is 1080 g/mol. The molecule has 4 nitrogen and oxygen atoms in total. The first-order valence-corrected chi connectivity index (χ1v) is 32.3. The zero-order valence-electron chi connectivity index (χ0n) is 55.8. The lowest BCUT2D eigenvalue weighted by Gasteiger charge is -2.45. The van der Waals surface area contributed by atoms with Crippen LogP contribution in [0.4, 0.5) is 34.1 Å². The summed E-state index contributed by atoms with van der Waals surface area (Å²) in [7, 11) is 0. The molecule has 0 N–H and O–H groups in total. The van der Waals surface area contributed by atoms with Gasteiger partial charge in [0.15, 0.2) is 5.82 Å². The Hall–Kier alpha value is -8.54. The molecule has 0 atom stereocenters. The van der Waals surface area contributed by atoms with Gasteiger partial charge in [0, 0.05) is 50.6 Å². The third kappa shape index (κ3) is 10.2. The van der Waals surface area contributed by atoms with Crippen LogP contribution in [0.5, 0.6) is 0 Å². The lowest BCUT2D eigenvalue weighted by atomic mass is 9.33. The molecule has 0 saturated heterocycles. The Morgan fingerprint density at radius 1 is 0.292 bits per heavy atom. The Balaban J connectivity index is 1.17. The lowest BCUT2D eigenvalue weighted by Crippen LogP contribution is -2.61. The third-order valence-corrected chi connectivity index (χ3v) is 19.3. The zero-order chi connectivity index (χ0) is 62.8. The van der Waals surface area contributed by atoms with Gasteiger partial charge in [0.2, 0.25) is 0 Å². The number of anilines is 6. The predicted octanol–water partition coefficient (Wildman–Crippen LogP) is 21.4. The van der Waals surface area contributed by atoms with Crippen molar-refractivity contribution in [1.82, 2.24) is 9.97 Å². The molecule has 0 bridgehead atoms. The first-order valence-electron chi connectivity index (χ1n) is 32.3. The third-order valence-electron chi connectivity index (χ3n) is 19.3. The van der Waals surface area contributed by atoms with Gasteiger partial charge in [0.05, 0.1) is 11.2 Å². The quantitative estimate of drug-likeness (QED) is 0.130. The van der Waals surface area contributed by atoms with Gasteiger partial charge in [-0.15, -0.1) is 0 Å². The monoisotopic (exact) mass is 1160 g/mol. The predicted molar refractivity (Wildman–Crippen MR) is 387 cm³/mol. The molecular formula is C84H85BN4. The number of aromatic nitrogens is 2. The van der Waals surface area contributed by atoms with Crippen LogP contribution in [-0.4, -0.2) is 16.7 Å². The van der Waals surface area contributed by atoms with E-state index in [1.807, 2.05) is 0 Å². The van der Waals surface area contributed by atoms with Crippen molar-refractivity contribution < 1.29 is 0 Å². The van der Waals surface area contributed by atoms with Crippen LogP contribution in [0.2, 0.25) is 0 Å². The van der Waals surface area contributed by atoms with E-state index in [0.717, 1.165) is 50.5 Å². The average Bonchev–Trinajstić information content (AvgIpc) is 0.694. The molecule has 0 aliphatic carbocycles. The maximum atomic E-state index is 5.91. The molecule has 0 saturated carbocycles. The molecule has 1 aromatic heterocycles. The Labute approximate surface area is 529 Å². The van der Waals surface area contributed by atoms with Crippen molar-refractivity contribution in [3.63, 3.8) is 0 Å². The van der Waals surface area contributed by atoms with Gasteiger partial charge in [0.1, 0.15) is 0 Å². The minimum atomic E-state index is -0.164. The summed E-state index contributed by atoms with van der Waals surface area (Å²) in [4.78, 5) is 16.9. The highest BCUT2D eigenvalue weighted by molar-refractivity contribution is 7.00. The van der Waals surface area contributed by atoms with Crippen molar-refractivity contribution in [3.8, 4) is 22.6 Å². The summed E-state index contributed by atoms with van der Waals surface area (Å²) in [6.07, 6.45) is 0. The van der Waals surface area contributed by atoms with E-state index < -0.39 is 0 Å². The molecule has 5 heteroatoms. The minimum Gasteiger partial charge on any atom is -0.311 e. The molecule has 0 spiro atoms. The SMILES string of the molecule is CC(C)(C)c1cc(-c2nc(-c3cc4c5c(c3)N(c3cc(C(C)(C)C)cc(C(C)(C)C)c3)c3cc6cc7ccccc7cc6cc3B5c3cc5cc6ccccc6cc5cc3N4c3cc(C(C)(C)C)cc(C(C)(C)C)c3)nc3ccccc23)cc(C(C)(C)C)c1. The van der Waals surface area contributed by atoms with Crippen LogP contribution in [-0.2, 0) is 32.5 Å². The van der Waals surface area contributed by atoms with Crippen LogP contribution < -0.4 is 26.2 Å². The number of para-hydroxylation sites is 1. The summed E-state index contributed by atoms with van der Waals surface area (Å²) >= 11 is 0. The van der Waals surface area contributed by atoms with Gasteiger partial charge in [0.25, 0.3) is 6.71 Å². The summed E-state index contributed by atoms with van der Waals surface area (Å²) in [5.74, 6) is 0.692. The maximum absolute atomic E-state index is 5.91. The van der Waals surface area contributed by atoms with Gasteiger partial charge in [-0.3, -0.25) is 0 Å². The summed E-state index contributed by atoms with van der Waals surface area (Å²) < 4.78 is 0. The molecule has 2 aliphatic rings. The number of nitrogens with zero attached hydrogens (tertiary/aromatic N) is 4. The Bertz CT molecular complexity index is 4600. The largest absolute Gasteiger partial charge is 0.311 e. The number of rotatable bonds is 4. The molecule has 11 aromatic carbocycles. The Morgan fingerprint density at radius 2 is 0.629 bits per heavy atom. The van der Waals surface area contributed by atoms with Crippen LogP contribution >= 0.6 is 0 Å². The van der Waals surface area contributed by atoms with Crippen molar-refractivity contribution in [1.29, 1.82) is 0 Å². The number of hydrogen-bond donors (Lipinski definition) is 0. The van der Waals surface area contributed by atoms with E-state index in [2.05, 4.69) is 322 Å². The highest BCUT2D eigenvalue weighted by Gasteiger charge is 2.45. The molecule has 14 rings (SSSR count). The maximum Gasteiger partial charge on any atom is 0.252 e. The van der Waals surface area contributed by atoms with Crippen molar-refractivity contribution in [2.75, 3.05) is 9.80 Å². The number of fused-ring (bicyclic) bond motifs is 9. The first kappa shape index (κ1) is 58.2. The standard InChI is InChI=1S/C84H85BN4/c1-79(2,3)60-35-58(36-61(43-60)80(4,5)6)77-68-29-23-24-30-71(68)86-78(87-77)59-41-74-76-75(42-59)89(67-48-64(83(13,14)15)45-65(49-67)84(16,17)18)73-40-57-34-53-28-22-20-26-51(53)32-55(57)38-70(73)85(76)69-37-54-31-50-25-19-21-27-52(50)33-56(54)39-72(69)88(74)66-46-62(81(7,8)9)44-63(47-66)82(10,11)12/h19-49H,1-18H3. The lowest BCUT2D eigenvalue weighted by molar-refractivity contribution is 0.568. The second kappa shape index (κ2) is 20.0. The highest BCUT2D eigenvalue weighted by atomic mass is 15.2. The van der Waals surface area contributed by atoms with Crippen molar-refractivity contribution >= 4 is 111 Å². The van der Waals surface area contributed by atoms with E-state index in [0.29, 0.717) is 5.82 Å². The molecule has 0 amide bonds. The molecule has 0 radical (unpaired) electrons. The second-order valence-corrected chi connectivity index (χ2v) is 32.2. The topological polar surface area (TPSA) is 32.3 Å². The van der Waals surface area contributed by atoms with E-state index in [1.54, 1.807) is 0 Å². The second-order valence-electron chi connectivity index (χ2n) is 32.2. The van der Waals surface area contributed by atoms with Crippen molar-refractivity contribution in [2.45, 2.75) is 157 Å². The van der Waals surface area contributed by atoms with Crippen LogP contribution in [0.1, 0.15) is 158 Å². The molecule has 0 fully saturated rings. The van der Waals surface area contributed by atoms with Gasteiger partial charge in [-0.1, -0.05) is 222 Å². The van der Waals surface area contributed by atoms with Gasteiger partial charge < -0.3 is 9.80 Å². The molecule has 0 unspecified atom stereocenters. The summed E-state index contributed by atoms with van der Waals surface area (Å²) in [6.45, 7) is 42.0. The van der Waals surface area contributed by atoms with Crippen LogP contribution in [0.3, 0.4) is 0 Å². The molecule has 89 heavy (non-hydrogen) atoms. The minimum absolute atomic E-state index is 0.0932. The van der Waals surface area contributed by atoms with E-state index in [9.17, 15) is 0 Å². The fraction of sp³-hybridized carbons (Fsp3) is 0.286. The number of benzene rings is 11. The normalized spacial score (nSPS) is 13.9. The summed E-state index contributed by atoms with van der Waals surface area (Å²) in [5.41, 5.74) is 21.7. The summed E-state index contributed by atoms with van der Waals surface area (Å²) in [6, 6.07) is 73.0. The van der Waals surface area contributed by atoms with Gasteiger partial charge in [-0.05, 0) is 216 Å². The smallest absolute Gasteiger partial charge is 0.252 e. The van der Waals surface area contributed by atoms with E-state index in [4.69, 9.17) is 9.97 Å². The molecule has 12 aromatic rings. The fourth-order valence-corrected chi connectivity index (χ4v) is 13.8. The van der Waals surface area contributed by atoms with Crippen molar-refractivity contribution in [3.05, 3.63) is 221 Å². The average molecular weight is 1160 g/mol. The highest BCUT2D eigenvalue weighted by Crippen LogP contribution is 2.50. The zero-order valence-corrected chi connectivity index (χ0v) is 55.8. The van der Waals surface area contributed by atoms with Gasteiger partial charge in [-0.25, -0.2) is 9.97 Å². The summed E-state index contributed by atoms with van der Waals surface area (Å²) in [5, 5.41) is 10.9. The molecule has 444 valence electrons. The van der Waals surface area contributed by atoms with Crippen LogP contribution in [0.15, 0.2) is 188 Å². The van der Waals surface area contributed by atoms with Crippen LogP contribution in [0, 0.1) is 0 Å². The van der Waals surface area contributed by atoms with E-state index in [-0.39, 0.29) is 39.2 Å². The first-order chi connectivity index (χ1) is 41.8. The van der Waals surface area contributed by atoms with E-state index in [1.165, 1.54) is 104 Å². The Morgan fingerprint density at radius 3 is 1.00 bits per heavy atom. The van der Waals surface area contributed by atoms with Gasteiger partial charge in [-0.2, -0.15) is 0 Å². The number of hydrogen-bond acceptors (Lipinski definition) is 4. The van der Waals surface area contributed by atoms with E-state index >= 15 is 0 Å². The molecule has 2 aliphatic heterocycles. The Kier molecular flexibility index (Phi) is 13.1.